The van der Waals surface area contributed by atoms with Gasteiger partial charge in [0.25, 0.3) is 0 Å². The van der Waals surface area contributed by atoms with E-state index in [1.165, 1.54) is 5.56 Å². The number of aromatic nitrogens is 3. The molecular weight excluding hydrogens is 444 g/mol. The van der Waals surface area contributed by atoms with E-state index in [2.05, 4.69) is 13.8 Å². The number of hydrogen-bond donors (Lipinski definition) is 1. The molecule has 0 spiro atoms. The summed E-state index contributed by atoms with van der Waals surface area (Å²) in [7, 11) is -3.96. The highest BCUT2D eigenvalue weighted by Gasteiger charge is 2.31. The Labute approximate surface area is 199 Å². The summed E-state index contributed by atoms with van der Waals surface area (Å²) in [6.45, 7) is 8.09. The Kier molecular flexibility index (Phi) is 5.17. The predicted molar refractivity (Wildman–Crippen MR) is 136 cm³/mol. The molecule has 0 bridgehead atoms. The quantitative estimate of drug-likeness (QED) is 0.362. The number of benzene rings is 3. The van der Waals surface area contributed by atoms with Crippen LogP contribution in [0.2, 0.25) is 0 Å². The van der Waals surface area contributed by atoms with Gasteiger partial charge in [-0.05, 0) is 72.9 Å². The highest BCUT2D eigenvalue weighted by molar-refractivity contribution is 7.92. The van der Waals surface area contributed by atoms with Crippen LogP contribution in [-0.2, 0) is 9.84 Å². The van der Waals surface area contributed by atoms with Gasteiger partial charge in [-0.25, -0.2) is 18.4 Å². The van der Waals surface area contributed by atoms with Crippen LogP contribution >= 0.6 is 0 Å². The van der Waals surface area contributed by atoms with Gasteiger partial charge >= 0.3 is 0 Å². The number of fused-ring (bicyclic) bond motifs is 2. The Morgan fingerprint density at radius 2 is 1.50 bits per heavy atom. The van der Waals surface area contributed by atoms with Gasteiger partial charge in [-0.1, -0.05) is 44.2 Å². The third-order valence-corrected chi connectivity index (χ3v) is 8.14. The van der Waals surface area contributed by atoms with Crippen molar-refractivity contribution in [3.8, 4) is 5.69 Å². The van der Waals surface area contributed by atoms with Gasteiger partial charge in [0.05, 0.1) is 15.9 Å². The molecular formula is C27H26N4O2S. The van der Waals surface area contributed by atoms with Crippen molar-refractivity contribution < 1.29 is 8.42 Å². The summed E-state index contributed by atoms with van der Waals surface area (Å²) in [5.41, 5.74) is 12.4. The summed E-state index contributed by atoms with van der Waals surface area (Å²) >= 11 is 0. The molecule has 0 fully saturated rings. The van der Waals surface area contributed by atoms with E-state index in [1.807, 2.05) is 68.4 Å². The summed E-state index contributed by atoms with van der Waals surface area (Å²) in [5.74, 6) is 0.470. The van der Waals surface area contributed by atoms with Crippen LogP contribution in [0.4, 0.5) is 5.82 Å². The highest BCUT2D eigenvalue weighted by atomic mass is 32.2. The zero-order valence-electron chi connectivity index (χ0n) is 19.6. The van der Waals surface area contributed by atoms with Crippen molar-refractivity contribution in [2.24, 2.45) is 0 Å². The minimum absolute atomic E-state index is 0.0167. The number of nitrogen functional groups attached to an aromatic ring is 1. The largest absolute Gasteiger partial charge is 0.384 e. The van der Waals surface area contributed by atoms with Crippen LogP contribution in [-0.4, -0.2) is 23.0 Å². The number of nitrogens with two attached hydrogens (primary N) is 1. The van der Waals surface area contributed by atoms with E-state index in [1.54, 1.807) is 16.7 Å². The molecule has 0 saturated carbocycles. The topological polar surface area (TPSA) is 90.9 Å². The van der Waals surface area contributed by atoms with Gasteiger partial charge in [-0.15, -0.1) is 0 Å². The Morgan fingerprint density at radius 3 is 2.12 bits per heavy atom. The smallest absolute Gasteiger partial charge is 0.212 e. The number of nitrogens with zero attached hydrogens (tertiary/aromatic N) is 3. The maximum atomic E-state index is 13.9. The summed E-state index contributed by atoms with van der Waals surface area (Å²) in [6.07, 6.45) is 0. The number of rotatable bonds is 4. The molecule has 0 saturated heterocycles. The fourth-order valence-electron chi connectivity index (χ4n) is 4.17. The number of sulfone groups is 1. The molecule has 0 radical (unpaired) electrons. The molecule has 6 nitrogen and oxygen atoms in total. The molecule has 0 unspecified atom stereocenters. The van der Waals surface area contributed by atoms with Crippen LogP contribution in [0.15, 0.2) is 76.5 Å². The van der Waals surface area contributed by atoms with E-state index in [0.29, 0.717) is 22.6 Å². The van der Waals surface area contributed by atoms with Gasteiger partial charge < -0.3 is 5.73 Å². The maximum Gasteiger partial charge on any atom is 0.212 e. The van der Waals surface area contributed by atoms with Gasteiger partial charge in [0.15, 0.2) is 5.65 Å². The van der Waals surface area contributed by atoms with Crippen LogP contribution < -0.4 is 5.73 Å². The molecule has 0 amide bonds. The molecule has 2 N–H and O–H groups in total. The first-order valence-corrected chi connectivity index (χ1v) is 12.7. The van der Waals surface area contributed by atoms with Crippen LogP contribution in [0, 0.1) is 13.8 Å². The number of anilines is 1. The van der Waals surface area contributed by atoms with E-state index in [-0.39, 0.29) is 21.1 Å². The molecule has 7 heteroatoms. The molecule has 0 aliphatic rings. The second kappa shape index (κ2) is 7.95. The molecule has 172 valence electrons. The van der Waals surface area contributed by atoms with Gasteiger partial charge in [0.1, 0.15) is 16.2 Å². The molecule has 34 heavy (non-hydrogen) atoms. The Bertz CT molecular complexity index is 1670. The number of hydrogen-bond acceptors (Lipinski definition) is 5. The lowest BCUT2D eigenvalue weighted by molar-refractivity contribution is 0.597. The third kappa shape index (κ3) is 3.44. The van der Waals surface area contributed by atoms with E-state index in [4.69, 9.17) is 15.7 Å². The number of para-hydroxylation sites is 2. The van der Waals surface area contributed by atoms with Crippen molar-refractivity contribution in [2.45, 2.75) is 43.4 Å². The Morgan fingerprint density at radius 1 is 0.853 bits per heavy atom. The Balaban J connectivity index is 1.85. The lowest BCUT2D eigenvalue weighted by Gasteiger charge is -2.11. The molecule has 3 aromatic carbocycles. The SMILES string of the molecule is Cc1ccc(S(=O)(=O)c2c(N)n(-c3ccc(C(C)C)cc3)c3nc4ccccc4nc23)cc1C. The lowest BCUT2D eigenvalue weighted by Crippen LogP contribution is -2.08. The standard InChI is InChI=1S/C27H26N4O2S/c1-16(2)19-10-12-20(13-11-19)31-26(28)25(34(32,33)21-14-9-17(3)18(4)15-21)24-27(31)30-23-8-6-5-7-22(23)29-24/h5-16H,28H2,1-4H3. The molecule has 5 aromatic rings. The van der Waals surface area contributed by atoms with Gasteiger partial charge in [-0.2, -0.15) is 0 Å². The van der Waals surface area contributed by atoms with Crippen molar-refractivity contribution in [2.75, 3.05) is 5.73 Å². The zero-order valence-corrected chi connectivity index (χ0v) is 20.4. The molecule has 0 atom stereocenters. The molecule has 0 aliphatic heterocycles. The first kappa shape index (κ1) is 22.1. The normalized spacial score (nSPS) is 12.1. The van der Waals surface area contributed by atoms with Gasteiger partial charge in [0, 0.05) is 5.69 Å². The average molecular weight is 471 g/mol. The second-order valence-corrected chi connectivity index (χ2v) is 10.8. The van der Waals surface area contributed by atoms with Crippen molar-refractivity contribution in [1.29, 1.82) is 0 Å². The summed E-state index contributed by atoms with van der Waals surface area (Å²) < 4.78 is 29.5. The minimum Gasteiger partial charge on any atom is -0.384 e. The summed E-state index contributed by atoms with van der Waals surface area (Å²) in [5, 5.41) is 0. The third-order valence-electron chi connectivity index (χ3n) is 6.33. The predicted octanol–water partition coefficient (Wildman–Crippen LogP) is 5.73. The molecule has 2 heterocycles. The Hall–Kier alpha value is -3.71. The van der Waals surface area contributed by atoms with Crippen molar-refractivity contribution >= 4 is 37.9 Å². The van der Waals surface area contributed by atoms with Crippen LogP contribution in [0.3, 0.4) is 0 Å². The second-order valence-electron chi connectivity index (χ2n) is 8.93. The fraction of sp³-hybridized carbons (Fsp3) is 0.185. The number of aryl methyl sites for hydroxylation is 2. The van der Waals surface area contributed by atoms with Crippen LogP contribution in [0.25, 0.3) is 27.9 Å². The summed E-state index contributed by atoms with van der Waals surface area (Å²) in [4.78, 5) is 9.68. The summed E-state index contributed by atoms with van der Waals surface area (Å²) in [6, 6.07) is 20.4. The van der Waals surface area contributed by atoms with Gasteiger partial charge in [-0.3, -0.25) is 4.57 Å². The minimum atomic E-state index is -3.96. The molecule has 2 aromatic heterocycles. The van der Waals surface area contributed by atoms with E-state index in [9.17, 15) is 8.42 Å². The van der Waals surface area contributed by atoms with E-state index >= 15 is 0 Å². The average Bonchev–Trinajstić information content (AvgIpc) is 3.10. The maximum absolute atomic E-state index is 13.9. The van der Waals surface area contributed by atoms with Gasteiger partial charge in [0.2, 0.25) is 9.84 Å². The van der Waals surface area contributed by atoms with Crippen molar-refractivity contribution in [1.82, 2.24) is 14.5 Å². The first-order valence-electron chi connectivity index (χ1n) is 11.2. The van der Waals surface area contributed by atoms with Crippen molar-refractivity contribution in [3.05, 3.63) is 83.4 Å². The van der Waals surface area contributed by atoms with E-state index in [0.717, 1.165) is 16.8 Å². The van der Waals surface area contributed by atoms with Crippen LogP contribution in [0.1, 0.15) is 36.5 Å². The van der Waals surface area contributed by atoms with Crippen LogP contribution in [0.5, 0.6) is 0 Å². The van der Waals surface area contributed by atoms with Crippen molar-refractivity contribution in [3.63, 3.8) is 0 Å². The lowest BCUT2D eigenvalue weighted by atomic mass is 10.0. The molecule has 5 rings (SSSR count). The fourth-order valence-corrected chi connectivity index (χ4v) is 5.74. The monoisotopic (exact) mass is 470 g/mol. The highest BCUT2D eigenvalue weighted by Crippen LogP contribution is 2.37. The first-order chi connectivity index (χ1) is 16.2. The molecule has 0 aliphatic carbocycles. The zero-order chi connectivity index (χ0) is 24.2. The van der Waals surface area contributed by atoms with E-state index < -0.39 is 9.84 Å².